The molecule has 0 saturated carbocycles. The monoisotopic (exact) mass is 464 g/mol. The number of amides is 2. The van der Waals surface area contributed by atoms with E-state index in [0.717, 1.165) is 0 Å². The fourth-order valence-corrected chi connectivity index (χ4v) is 2.99. The van der Waals surface area contributed by atoms with Gasteiger partial charge in [0.15, 0.2) is 0 Å². The molecule has 0 aromatic heterocycles. The number of rotatable bonds is 11. The third-order valence-electron chi connectivity index (χ3n) is 3.97. The molecule has 0 radical (unpaired) electrons. The van der Waals surface area contributed by atoms with Crippen LogP contribution in [-0.2, 0) is 9.47 Å². The van der Waals surface area contributed by atoms with E-state index in [1.54, 1.807) is 56.7 Å². The van der Waals surface area contributed by atoms with E-state index >= 15 is 0 Å². The Kier molecular flexibility index (Phi) is 9.63. The van der Waals surface area contributed by atoms with Gasteiger partial charge in [-0.05, 0) is 52.7 Å². The summed E-state index contributed by atoms with van der Waals surface area (Å²) in [5.41, 5.74) is 1.28. The number of carbonyl (C=O) groups is 2. The van der Waals surface area contributed by atoms with Crippen molar-refractivity contribution in [2.75, 3.05) is 45.9 Å². The number of benzene rings is 2. The van der Waals surface area contributed by atoms with E-state index in [4.69, 9.17) is 14.2 Å². The van der Waals surface area contributed by atoms with Crippen LogP contribution in [0, 0.1) is 0 Å². The molecule has 0 fully saturated rings. The Morgan fingerprint density at radius 2 is 1.72 bits per heavy atom. The largest absolute Gasteiger partial charge is 0.490 e. The van der Waals surface area contributed by atoms with Gasteiger partial charge in [0.05, 0.1) is 22.3 Å². The van der Waals surface area contributed by atoms with Crippen LogP contribution in [0.2, 0.25) is 0 Å². The lowest BCUT2D eigenvalue weighted by Gasteiger charge is -2.12. The van der Waals surface area contributed by atoms with Crippen molar-refractivity contribution in [2.24, 2.45) is 0 Å². The first-order valence-corrected chi connectivity index (χ1v) is 9.95. The highest BCUT2D eigenvalue weighted by atomic mass is 79.9. The first-order chi connectivity index (χ1) is 14.1. The smallest absolute Gasteiger partial charge is 0.255 e. The van der Waals surface area contributed by atoms with Gasteiger partial charge >= 0.3 is 0 Å². The molecule has 0 spiro atoms. The summed E-state index contributed by atoms with van der Waals surface area (Å²) >= 11 is 3.41. The lowest BCUT2D eigenvalue weighted by molar-refractivity contribution is 0.0949. The molecule has 0 saturated heterocycles. The van der Waals surface area contributed by atoms with Crippen LogP contribution in [0.1, 0.15) is 27.1 Å². The summed E-state index contributed by atoms with van der Waals surface area (Å²) in [6.07, 6.45) is 0.712. The maximum atomic E-state index is 12.7. The highest BCUT2D eigenvalue weighted by Gasteiger charge is 2.15. The third-order valence-corrected chi connectivity index (χ3v) is 4.59. The fourth-order valence-electron chi connectivity index (χ4n) is 2.49. The molecule has 0 heterocycles. The summed E-state index contributed by atoms with van der Waals surface area (Å²) in [4.78, 5) is 25.1. The Bertz CT molecular complexity index is 828. The third kappa shape index (κ3) is 7.16. The summed E-state index contributed by atoms with van der Waals surface area (Å²) in [5, 5.41) is 5.63. The molecule has 0 unspecified atom stereocenters. The molecular weight excluding hydrogens is 440 g/mol. The number of hydrogen-bond acceptors (Lipinski definition) is 5. The van der Waals surface area contributed by atoms with Crippen molar-refractivity contribution in [3.8, 4) is 5.75 Å². The second-order valence-electron chi connectivity index (χ2n) is 6.09. The van der Waals surface area contributed by atoms with Gasteiger partial charge in [-0.2, -0.15) is 0 Å². The van der Waals surface area contributed by atoms with Gasteiger partial charge < -0.3 is 24.8 Å². The van der Waals surface area contributed by atoms with Gasteiger partial charge in [-0.1, -0.05) is 12.1 Å². The van der Waals surface area contributed by atoms with Crippen molar-refractivity contribution >= 4 is 33.4 Å². The van der Waals surface area contributed by atoms with Crippen LogP contribution in [0.25, 0.3) is 0 Å². The summed E-state index contributed by atoms with van der Waals surface area (Å²) < 4.78 is 16.2. The molecule has 0 aliphatic heterocycles. The standard InChI is InChI=1S/C21H25BrN2O5/c1-27-11-5-10-23-21(26)16-6-3-4-7-18(16)24-20(25)15-8-9-19(17(22)14-15)29-13-12-28-2/h3-4,6-9,14H,5,10-13H2,1-2H3,(H,23,26)(H,24,25). The number of hydrogen-bond donors (Lipinski definition) is 2. The zero-order chi connectivity index (χ0) is 21.1. The van der Waals surface area contributed by atoms with Crippen LogP contribution in [0.4, 0.5) is 5.69 Å². The first-order valence-electron chi connectivity index (χ1n) is 9.15. The number of carbonyl (C=O) groups excluding carboxylic acids is 2. The molecule has 2 aromatic carbocycles. The number of anilines is 1. The molecule has 2 N–H and O–H groups in total. The van der Waals surface area contributed by atoms with Crippen molar-refractivity contribution in [1.29, 1.82) is 0 Å². The molecule has 0 aliphatic carbocycles. The topological polar surface area (TPSA) is 85.9 Å². The summed E-state index contributed by atoms with van der Waals surface area (Å²) in [5.74, 6) is 0.0447. The van der Waals surface area contributed by atoms with E-state index in [-0.39, 0.29) is 11.8 Å². The lowest BCUT2D eigenvalue weighted by Crippen LogP contribution is -2.26. The second kappa shape index (κ2) is 12.2. The normalized spacial score (nSPS) is 10.4. The van der Waals surface area contributed by atoms with Gasteiger partial charge in [0.1, 0.15) is 12.4 Å². The van der Waals surface area contributed by atoms with Crippen LogP contribution in [0.15, 0.2) is 46.9 Å². The SMILES string of the molecule is COCCCNC(=O)c1ccccc1NC(=O)c1ccc(OCCOC)c(Br)c1. The second-order valence-corrected chi connectivity index (χ2v) is 6.94. The molecule has 2 rings (SSSR count). The van der Waals surface area contributed by atoms with Gasteiger partial charge in [0.25, 0.3) is 11.8 Å². The molecular formula is C21H25BrN2O5. The van der Waals surface area contributed by atoms with Crippen molar-refractivity contribution < 1.29 is 23.8 Å². The van der Waals surface area contributed by atoms with Crippen LogP contribution in [0.5, 0.6) is 5.75 Å². The summed E-state index contributed by atoms with van der Waals surface area (Å²) in [7, 11) is 3.22. The van der Waals surface area contributed by atoms with Gasteiger partial charge in [-0.25, -0.2) is 0 Å². The molecule has 0 atom stereocenters. The average molecular weight is 465 g/mol. The summed E-state index contributed by atoms with van der Waals surface area (Å²) in [6, 6.07) is 11.9. The van der Waals surface area contributed by atoms with Gasteiger partial charge in [-0.15, -0.1) is 0 Å². The predicted octanol–water partition coefficient (Wildman–Crippen LogP) is 3.49. The minimum absolute atomic E-state index is 0.250. The van der Waals surface area contributed by atoms with Crippen LogP contribution in [0.3, 0.4) is 0 Å². The minimum atomic E-state index is -0.325. The van der Waals surface area contributed by atoms with Gasteiger partial charge in [0, 0.05) is 32.9 Å². The lowest BCUT2D eigenvalue weighted by atomic mass is 10.1. The zero-order valence-electron chi connectivity index (χ0n) is 16.5. The maximum absolute atomic E-state index is 12.7. The molecule has 29 heavy (non-hydrogen) atoms. The highest BCUT2D eigenvalue weighted by molar-refractivity contribution is 9.10. The maximum Gasteiger partial charge on any atom is 0.255 e. The molecule has 2 amide bonds. The number of para-hydroxylation sites is 1. The molecule has 0 bridgehead atoms. The molecule has 8 heteroatoms. The predicted molar refractivity (Wildman–Crippen MR) is 115 cm³/mol. The number of ether oxygens (including phenoxy) is 3. The molecule has 156 valence electrons. The minimum Gasteiger partial charge on any atom is -0.490 e. The average Bonchev–Trinajstić information content (AvgIpc) is 2.72. The van der Waals surface area contributed by atoms with Crippen LogP contribution < -0.4 is 15.4 Å². The Balaban J connectivity index is 2.05. The van der Waals surface area contributed by atoms with Crippen molar-refractivity contribution in [1.82, 2.24) is 5.32 Å². The zero-order valence-corrected chi connectivity index (χ0v) is 18.1. The summed E-state index contributed by atoms with van der Waals surface area (Å²) in [6.45, 7) is 1.94. The van der Waals surface area contributed by atoms with E-state index in [0.29, 0.717) is 59.8 Å². The molecule has 7 nitrogen and oxygen atoms in total. The van der Waals surface area contributed by atoms with Gasteiger partial charge in [-0.3, -0.25) is 9.59 Å². The fraction of sp³-hybridized carbons (Fsp3) is 0.333. The number of halogens is 1. The van der Waals surface area contributed by atoms with E-state index < -0.39 is 0 Å². The number of nitrogens with one attached hydrogen (secondary N) is 2. The Labute approximate surface area is 178 Å². The quantitative estimate of drug-likeness (QED) is 0.497. The van der Waals surface area contributed by atoms with Crippen LogP contribution >= 0.6 is 15.9 Å². The van der Waals surface area contributed by atoms with Crippen molar-refractivity contribution in [3.05, 3.63) is 58.1 Å². The van der Waals surface area contributed by atoms with Crippen molar-refractivity contribution in [2.45, 2.75) is 6.42 Å². The number of methoxy groups -OCH3 is 2. The Morgan fingerprint density at radius 1 is 0.966 bits per heavy atom. The highest BCUT2D eigenvalue weighted by Crippen LogP contribution is 2.26. The van der Waals surface area contributed by atoms with Crippen molar-refractivity contribution in [3.63, 3.8) is 0 Å². The van der Waals surface area contributed by atoms with E-state index in [1.165, 1.54) is 0 Å². The van der Waals surface area contributed by atoms with Crippen LogP contribution in [-0.4, -0.2) is 52.4 Å². The van der Waals surface area contributed by atoms with Gasteiger partial charge in [0.2, 0.25) is 0 Å². The molecule has 0 aliphatic rings. The van der Waals surface area contributed by atoms with E-state index in [9.17, 15) is 9.59 Å². The molecule has 2 aromatic rings. The Morgan fingerprint density at radius 3 is 2.45 bits per heavy atom. The first kappa shape index (κ1) is 22.9. The Hall–Kier alpha value is -2.42. The van der Waals surface area contributed by atoms with E-state index in [2.05, 4.69) is 26.6 Å². The van der Waals surface area contributed by atoms with E-state index in [1.807, 2.05) is 0 Å².